The van der Waals surface area contributed by atoms with E-state index in [9.17, 15) is 18.0 Å². The molecule has 1 aromatic rings. The monoisotopic (exact) mass is 277 g/mol. The van der Waals surface area contributed by atoms with Gasteiger partial charge in [0.25, 0.3) is 0 Å². The molecule has 0 spiro atoms. The van der Waals surface area contributed by atoms with E-state index in [1.807, 2.05) is 0 Å². The molecular weight excluding hydrogens is 263 g/mol. The fourth-order valence-electron chi connectivity index (χ4n) is 1.19. The number of halogens is 3. The van der Waals surface area contributed by atoms with Crippen molar-refractivity contribution in [3.8, 4) is 0 Å². The summed E-state index contributed by atoms with van der Waals surface area (Å²) in [4.78, 5) is 14.6. The van der Waals surface area contributed by atoms with Crippen molar-refractivity contribution in [2.75, 3.05) is 11.1 Å². The van der Waals surface area contributed by atoms with Crippen LogP contribution >= 0.6 is 0 Å². The Bertz CT molecular complexity index is 481. The molecule has 0 aliphatic rings. The van der Waals surface area contributed by atoms with Crippen LogP contribution < -0.4 is 11.1 Å². The lowest BCUT2D eigenvalue weighted by atomic mass is 10.2. The molecule has 0 bridgehead atoms. The van der Waals surface area contributed by atoms with Gasteiger partial charge in [0.1, 0.15) is 17.1 Å². The van der Waals surface area contributed by atoms with E-state index in [1.165, 1.54) is 0 Å². The highest BCUT2D eigenvalue weighted by molar-refractivity contribution is 5.85. The van der Waals surface area contributed by atoms with Crippen molar-refractivity contribution in [2.45, 2.75) is 32.5 Å². The Morgan fingerprint density at radius 3 is 2.37 bits per heavy atom. The second kappa shape index (κ2) is 4.94. The predicted molar refractivity (Wildman–Crippen MR) is 63.5 cm³/mol. The molecule has 1 heterocycles. The zero-order valence-electron chi connectivity index (χ0n) is 10.6. The fourth-order valence-corrected chi connectivity index (χ4v) is 1.19. The van der Waals surface area contributed by atoms with E-state index in [-0.39, 0.29) is 11.5 Å². The number of nitrogen functional groups attached to an aromatic ring is 1. The van der Waals surface area contributed by atoms with Gasteiger partial charge in [-0.3, -0.25) is 5.32 Å². The van der Waals surface area contributed by atoms with E-state index in [2.05, 4.69) is 10.3 Å². The Labute approximate surface area is 108 Å². The summed E-state index contributed by atoms with van der Waals surface area (Å²) in [5.74, 6) is -0.346. The SMILES string of the molecule is CC(C)(C)OC(=O)Nc1cc(N)nc(C(F)(F)F)c1. The van der Waals surface area contributed by atoms with E-state index in [4.69, 9.17) is 10.5 Å². The Balaban J connectivity index is 2.91. The van der Waals surface area contributed by atoms with Crippen molar-refractivity contribution >= 4 is 17.6 Å². The van der Waals surface area contributed by atoms with Crippen LogP contribution in [0.3, 0.4) is 0 Å². The number of ether oxygens (including phenoxy) is 1. The zero-order valence-corrected chi connectivity index (χ0v) is 10.6. The predicted octanol–water partition coefficient (Wildman–Crippen LogP) is 3.03. The molecule has 8 heteroatoms. The van der Waals surface area contributed by atoms with Crippen LogP contribution in [0.2, 0.25) is 0 Å². The number of carbonyl (C=O) groups is 1. The molecule has 0 saturated carbocycles. The topological polar surface area (TPSA) is 77.2 Å². The maximum atomic E-state index is 12.5. The molecule has 1 amide bonds. The van der Waals surface area contributed by atoms with Gasteiger partial charge in [0.15, 0.2) is 0 Å². The lowest BCUT2D eigenvalue weighted by molar-refractivity contribution is -0.141. The average Bonchev–Trinajstić information content (AvgIpc) is 2.11. The zero-order chi connectivity index (χ0) is 14.8. The summed E-state index contributed by atoms with van der Waals surface area (Å²) < 4.78 is 42.4. The van der Waals surface area contributed by atoms with Gasteiger partial charge in [-0.1, -0.05) is 0 Å². The highest BCUT2D eigenvalue weighted by Crippen LogP contribution is 2.30. The third kappa shape index (κ3) is 5.02. The minimum atomic E-state index is -4.64. The molecule has 0 fully saturated rings. The Kier molecular flexibility index (Phi) is 3.92. The molecule has 1 rings (SSSR count). The number of nitrogens with zero attached hydrogens (tertiary/aromatic N) is 1. The van der Waals surface area contributed by atoms with Gasteiger partial charge in [-0.2, -0.15) is 13.2 Å². The maximum absolute atomic E-state index is 12.5. The van der Waals surface area contributed by atoms with Gasteiger partial charge in [-0.05, 0) is 26.8 Å². The summed E-state index contributed by atoms with van der Waals surface area (Å²) in [6.45, 7) is 4.90. The first kappa shape index (κ1) is 15.1. The molecule has 0 unspecified atom stereocenters. The number of anilines is 2. The number of rotatable bonds is 1. The number of pyridine rings is 1. The Hall–Kier alpha value is -1.99. The highest BCUT2D eigenvalue weighted by Gasteiger charge is 2.33. The van der Waals surface area contributed by atoms with Crippen molar-refractivity contribution in [3.05, 3.63) is 17.8 Å². The molecule has 19 heavy (non-hydrogen) atoms. The van der Waals surface area contributed by atoms with Gasteiger partial charge in [-0.15, -0.1) is 0 Å². The van der Waals surface area contributed by atoms with E-state index in [0.29, 0.717) is 6.07 Å². The third-order valence-electron chi connectivity index (χ3n) is 1.78. The molecular formula is C11H14F3N3O2. The molecule has 0 saturated heterocycles. The molecule has 0 aliphatic heterocycles. The normalized spacial score (nSPS) is 12.1. The number of aromatic nitrogens is 1. The summed E-state index contributed by atoms with van der Waals surface area (Å²) in [6.07, 6.45) is -5.51. The summed E-state index contributed by atoms with van der Waals surface area (Å²) in [5, 5.41) is 2.17. The third-order valence-corrected chi connectivity index (χ3v) is 1.78. The minimum Gasteiger partial charge on any atom is -0.444 e. The molecule has 1 aromatic heterocycles. The number of nitrogens with two attached hydrogens (primary N) is 1. The van der Waals surface area contributed by atoms with Gasteiger partial charge >= 0.3 is 12.3 Å². The first-order valence-corrected chi connectivity index (χ1v) is 5.32. The number of hydrogen-bond donors (Lipinski definition) is 2. The first-order valence-electron chi connectivity index (χ1n) is 5.32. The molecule has 0 aliphatic carbocycles. The number of alkyl halides is 3. The molecule has 3 N–H and O–H groups in total. The Morgan fingerprint density at radius 2 is 1.89 bits per heavy atom. The number of nitrogens with one attached hydrogen (secondary N) is 1. The van der Waals surface area contributed by atoms with E-state index in [0.717, 1.165) is 6.07 Å². The molecule has 0 atom stereocenters. The van der Waals surface area contributed by atoms with Crippen LogP contribution in [-0.4, -0.2) is 16.7 Å². The molecule has 106 valence electrons. The molecule has 0 radical (unpaired) electrons. The van der Waals surface area contributed by atoms with Crippen LogP contribution in [0.4, 0.5) is 29.5 Å². The summed E-state index contributed by atoms with van der Waals surface area (Å²) in [7, 11) is 0. The standard InChI is InChI=1S/C11H14F3N3O2/c1-10(2,3)19-9(18)16-6-4-7(11(12,13)14)17-8(15)5-6/h4-5H,1-3H3,(H3,15,16,17,18). The van der Waals surface area contributed by atoms with Crippen molar-refractivity contribution in [3.63, 3.8) is 0 Å². The van der Waals surface area contributed by atoms with Gasteiger partial charge in [0, 0.05) is 11.8 Å². The van der Waals surface area contributed by atoms with Crippen LogP contribution in [0, 0.1) is 0 Å². The van der Waals surface area contributed by atoms with Crippen LogP contribution in [0.1, 0.15) is 26.5 Å². The Morgan fingerprint density at radius 1 is 1.32 bits per heavy atom. The smallest absolute Gasteiger partial charge is 0.433 e. The summed E-state index contributed by atoms with van der Waals surface area (Å²) in [5.41, 5.74) is 3.19. The number of carbonyl (C=O) groups excluding carboxylic acids is 1. The lowest BCUT2D eigenvalue weighted by Crippen LogP contribution is -2.27. The largest absolute Gasteiger partial charge is 0.444 e. The minimum absolute atomic E-state index is 0.130. The highest BCUT2D eigenvalue weighted by atomic mass is 19.4. The quantitative estimate of drug-likeness (QED) is 0.827. The van der Waals surface area contributed by atoms with E-state index >= 15 is 0 Å². The van der Waals surface area contributed by atoms with Gasteiger partial charge < -0.3 is 10.5 Å². The van der Waals surface area contributed by atoms with Gasteiger partial charge in [0.05, 0.1) is 0 Å². The first-order chi connectivity index (χ1) is 8.47. The molecule has 5 nitrogen and oxygen atoms in total. The fraction of sp³-hybridized carbons (Fsp3) is 0.455. The second-order valence-corrected chi connectivity index (χ2v) is 4.79. The van der Waals surface area contributed by atoms with E-state index < -0.39 is 23.6 Å². The summed E-state index contributed by atoms with van der Waals surface area (Å²) in [6, 6.07) is 1.79. The van der Waals surface area contributed by atoms with Crippen LogP contribution in [0.15, 0.2) is 12.1 Å². The van der Waals surface area contributed by atoms with Crippen molar-refractivity contribution in [1.29, 1.82) is 0 Å². The molecule has 0 aromatic carbocycles. The number of hydrogen-bond acceptors (Lipinski definition) is 4. The van der Waals surface area contributed by atoms with Crippen LogP contribution in [0.25, 0.3) is 0 Å². The average molecular weight is 277 g/mol. The lowest BCUT2D eigenvalue weighted by Gasteiger charge is -2.20. The van der Waals surface area contributed by atoms with Gasteiger partial charge in [0.2, 0.25) is 0 Å². The summed E-state index contributed by atoms with van der Waals surface area (Å²) >= 11 is 0. The van der Waals surface area contributed by atoms with Crippen molar-refractivity contribution < 1.29 is 22.7 Å². The van der Waals surface area contributed by atoms with Gasteiger partial charge in [-0.25, -0.2) is 9.78 Å². The second-order valence-electron chi connectivity index (χ2n) is 4.79. The maximum Gasteiger partial charge on any atom is 0.433 e. The number of amides is 1. The van der Waals surface area contributed by atoms with Crippen molar-refractivity contribution in [2.24, 2.45) is 0 Å². The van der Waals surface area contributed by atoms with Crippen molar-refractivity contribution in [1.82, 2.24) is 4.98 Å². The van der Waals surface area contributed by atoms with Crippen LogP contribution in [0.5, 0.6) is 0 Å². The van der Waals surface area contributed by atoms with E-state index in [1.54, 1.807) is 20.8 Å². The van der Waals surface area contributed by atoms with Crippen LogP contribution in [-0.2, 0) is 10.9 Å².